The molecule has 0 radical (unpaired) electrons. The molecular weight excluding hydrogens is 433 g/mol. The summed E-state index contributed by atoms with van der Waals surface area (Å²) < 4.78 is 20.2. The number of hydrogen-bond donors (Lipinski definition) is 3. The quantitative estimate of drug-likeness (QED) is 0.649. The van der Waals surface area contributed by atoms with Crippen LogP contribution in [-0.2, 0) is 0 Å². The summed E-state index contributed by atoms with van der Waals surface area (Å²) in [7, 11) is 0. The number of aliphatic imine (C=N–C) groups is 1. The minimum absolute atomic E-state index is 0.0695. The molecule has 1 aromatic rings. The van der Waals surface area contributed by atoms with E-state index in [0.29, 0.717) is 39.5 Å². The van der Waals surface area contributed by atoms with Crippen LogP contribution in [0.3, 0.4) is 0 Å². The summed E-state index contributed by atoms with van der Waals surface area (Å²) in [5, 5.41) is 15.6. The maximum absolute atomic E-state index is 14.0. The lowest BCUT2D eigenvalue weighted by molar-refractivity contribution is 0.0794. The fraction of sp³-hybridized carbons (Fsp3) is 0.435. The molecule has 4 aliphatic rings. The molecule has 32 heavy (non-hydrogen) atoms. The number of halogens is 2. The van der Waals surface area contributed by atoms with E-state index in [2.05, 4.69) is 15.6 Å². The van der Waals surface area contributed by atoms with Gasteiger partial charge in [0.1, 0.15) is 23.5 Å². The lowest BCUT2D eigenvalue weighted by atomic mass is 9.97. The molecule has 4 aliphatic heterocycles. The monoisotopic (exact) mass is 457 g/mol. The zero-order chi connectivity index (χ0) is 22.6. The highest BCUT2D eigenvalue weighted by atomic mass is 35.5. The Morgan fingerprint density at radius 3 is 2.81 bits per heavy atom. The Morgan fingerprint density at radius 2 is 2.12 bits per heavy atom. The van der Waals surface area contributed by atoms with E-state index < -0.39 is 5.82 Å². The van der Waals surface area contributed by atoms with Gasteiger partial charge in [-0.15, -0.1) is 0 Å². The van der Waals surface area contributed by atoms with Crippen molar-refractivity contribution < 1.29 is 13.9 Å². The van der Waals surface area contributed by atoms with Crippen LogP contribution < -0.4 is 15.4 Å². The molecule has 168 valence electrons. The van der Waals surface area contributed by atoms with Crippen LogP contribution in [0.4, 0.5) is 4.39 Å². The van der Waals surface area contributed by atoms with Crippen LogP contribution in [0.15, 0.2) is 45.3 Å². The Balaban J connectivity index is 1.38. The summed E-state index contributed by atoms with van der Waals surface area (Å²) in [5.41, 5.74) is 2.68. The molecule has 3 N–H and O–H groups in total. The van der Waals surface area contributed by atoms with Crippen LogP contribution in [0.5, 0.6) is 5.75 Å². The average molecular weight is 458 g/mol. The summed E-state index contributed by atoms with van der Waals surface area (Å²) in [4.78, 5) is 19.4. The number of hydrogen-bond acceptors (Lipinski definition) is 6. The van der Waals surface area contributed by atoms with Crippen molar-refractivity contribution in [3.05, 3.63) is 51.7 Å². The van der Waals surface area contributed by atoms with Crippen LogP contribution in [0.2, 0.25) is 0 Å². The molecule has 0 aliphatic carbocycles. The van der Waals surface area contributed by atoms with E-state index in [9.17, 15) is 9.18 Å². The van der Waals surface area contributed by atoms with Crippen LogP contribution in [-0.4, -0.2) is 53.5 Å². The van der Waals surface area contributed by atoms with Gasteiger partial charge < -0.3 is 25.7 Å². The maximum Gasteiger partial charge on any atom is 0.258 e. The predicted octanol–water partition coefficient (Wildman–Crippen LogP) is 3.32. The number of nitrogens with zero attached hydrogens (tertiary/aromatic N) is 2. The summed E-state index contributed by atoms with van der Waals surface area (Å²) in [5.74, 6) is 0.0591. The SMILES string of the molecule is CC1=N/C(=C2\CN(C(=O)c3ccc(F)cc3O[C@H]3CC4CCC3N4)CC2=N)NC(C)=C1Cl. The van der Waals surface area contributed by atoms with E-state index in [4.69, 9.17) is 21.7 Å². The summed E-state index contributed by atoms with van der Waals surface area (Å²) in [6.45, 7) is 4.03. The molecule has 2 unspecified atom stereocenters. The van der Waals surface area contributed by atoms with Gasteiger partial charge in [0, 0.05) is 35.8 Å². The molecule has 3 atom stereocenters. The Labute approximate surface area is 190 Å². The topological polar surface area (TPSA) is 89.8 Å². The molecule has 0 saturated carbocycles. The van der Waals surface area contributed by atoms with Gasteiger partial charge in [-0.1, -0.05) is 11.6 Å². The first kappa shape index (κ1) is 21.2. The van der Waals surface area contributed by atoms with Gasteiger partial charge in [-0.25, -0.2) is 9.38 Å². The number of rotatable bonds is 3. The van der Waals surface area contributed by atoms with Gasteiger partial charge in [0.25, 0.3) is 5.91 Å². The second-order valence-corrected chi connectivity index (χ2v) is 9.19. The zero-order valence-corrected chi connectivity index (χ0v) is 18.7. The first-order valence-corrected chi connectivity index (χ1v) is 11.2. The molecule has 2 bridgehead atoms. The number of carbonyl (C=O) groups is 1. The molecule has 4 heterocycles. The largest absolute Gasteiger partial charge is 0.488 e. The number of nitrogens with one attached hydrogen (secondary N) is 3. The van der Waals surface area contributed by atoms with Crippen LogP contribution in [0.25, 0.3) is 0 Å². The highest BCUT2D eigenvalue weighted by Gasteiger charge is 2.41. The van der Waals surface area contributed by atoms with Crippen molar-refractivity contribution in [3.8, 4) is 5.75 Å². The molecule has 1 amide bonds. The first-order valence-electron chi connectivity index (χ1n) is 10.8. The fourth-order valence-electron chi connectivity index (χ4n) is 4.89. The molecule has 1 aromatic carbocycles. The van der Waals surface area contributed by atoms with Crippen molar-refractivity contribution in [1.82, 2.24) is 15.5 Å². The Kier molecular flexibility index (Phi) is 5.29. The molecule has 0 spiro atoms. The van der Waals surface area contributed by atoms with E-state index in [1.165, 1.54) is 18.2 Å². The molecule has 3 saturated heterocycles. The van der Waals surface area contributed by atoms with Crippen LogP contribution in [0.1, 0.15) is 43.5 Å². The average Bonchev–Trinajstić information content (AvgIpc) is 3.47. The molecule has 7 nitrogen and oxygen atoms in total. The number of ether oxygens (including phenoxy) is 1. The Bertz CT molecular complexity index is 1110. The highest BCUT2D eigenvalue weighted by molar-refractivity contribution is 6.43. The van der Waals surface area contributed by atoms with E-state index in [-0.39, 0.29) is 36.9 Å². The van der Waals surface area contributed by atoms with Gasteiger partial charge in [-0.05, 0) is 38.8 Å². The van der Waals surface area contributed by atoms with Crippen molar-refractivity contribution in [2.24, 2.45) is 4.99 Å². The second kappa shape index (κ2) is 8.01. The number of allylic oxidation sites excluding steroid dienone is 2. The van der Waals surface area contributed by atoms with Crippen molar-refractivity contribution in [3.63, 3.8) is 0 Å². The van der Waals surface area contributed by atoms with Gasteiger partial charge in [0.2, 0.25) is 0 Å². The summed E-state index contributed by atoms with van der Waals surface area (Å²) in [6.07, 6.45) is 2.94. The van der Waals surface area contributed by atoms with Crippen molar-refractivity contribution >= 4 is 28.9 Å². The van der Waals surface area contributed by atoms with Crippen molar-refractivity contribution in [2.45, 2.75) is 51.3 Å². The van der Waals surface area contributed by atoms with Gasteiger partial charge in [-0.3, -0.25) is 4.79 Å². The number of likely N-dealkylation sites (tertiary alicyclic amines) is 1. The third-order valence-electron chi connectivity index (χ3n) is 6.56. The molecule has 3 fully saturated rings. The number of carbonyl (C=O) groups excluding carboxylic acids is 1. The van der Waals surface area contributed by atoms with E-state index in [1.54, 1.807) is 11.8 Å². The number of fused-ring (bicyclic) bond motifs is 2. The van der Waals surface area contributed by atoms with Crippen molar-refractivity contribution in [2.75, 3.05) is 13.1 Å². The third-order valence-corrected chi connectivity index (χ3v) is 7.12. The number of benzene rings is 1. The first-order chi connectivity index (χ1) is 15.3. The minimum atomic E-state index is -0.444. The van der Waals surface area contributed by atoms with Crippen LogP contribution >= 0.6 is 11.6 Å². The molecule has 0 aromatic heterocycles. The van der Waals surface area contributed by atoms with E-state index in [1.807, 2.05) is 6.92 Å². The Hall–Kier alpha value is -2.71. The van der Waals surface area contributed by atoms with Crippen molar-refractivity contribution in [1.29, 1.82) is 5.41 Å². The summed E-state index contributed by atoms with van der Waals surface area (Å²) in [6, 6.07) is 4.70. The molecule has 5 rings (SSSR count). The summed E-state index contributed by atoms with van der Waals surface area (Å²) >= 11 is 6.21. The maximum atomic E-state index is 14.0. The highest BCUT2D eigenvalue weighted by Crippen LogP contribution is 2.34. The lowest BCUT2D eigenvalue weighted by Gasteiger charge is -2.24. The van der Waals surface area contributed by atoms with Crippen LogP contribution in [0, 0.1) is 11.2 Å². The second-order valence-electron chi connectivity index (χ2n) is 8.81. The van der Waals surface area contributed by atoms with Gasteiger partial charge in [0.15, 0.2) is 0 Å². The van der Waals surface area contributed by atoms with Gasteiger partial charge >= 0.3 is 0 Å². The predicted molar refractivity (Wildman–Crippen MR) is 121 cm³/mol. The smallest absolute Gasteiger partial charge is 0.258 e. The zero-order valence-electron chi connectivity index (χ0n) is 18.0. The normalized spacial score (nSPS) is 29.5. The number of amides is 1. The standard InChI is InChI=1S/C23H25ClFN5O2/c1-11-21(24)12(2)28-22(27-11)16-9-30(10-17(16)26)23(31)15-5-3-13(25)7-19(15)32-20-8-14-4-6-18(20)29-14/h3,5,7,14,18,20,26-27,29H,4,6,8-10H2,1-2H3/b22-16+,26-17?/t14?,18?,20-/m0/s1. The minimum Gasteiger partial charge on any atom is -0.488 e. The Morgan fingerprint density at radius 1 is 1.31 bits per heavy atom. The van der Waals surface area contributed by atoms with E-state index >= 15 is 0 Å². The molecular formula is C23H25ClFN5O2. The van der Waals surface area contributed by atoms with E-state index in [0.717, 1.165) is 25.0 Å². The van der Waals surface area contributed by atoms with Gasteiger partial charge in [0.05, 0.1) is 35.1 Å². The third kappa shape index (κ3) is 3.71. The fourth-order valence-corrected chi connectivity index (χ4v) is 4.98. The molecule has 9 heteroatoms. The lowest BCUT2D eigenvalue weighted by Crippen LogP contribution is -2.33. The van der Waals surface area contributed by atoms with Gasteiger partial charge in [-0.2, -0.15) is 0 Å².